The highest BCUT2D eigenvalue weighted by atomic mass is 32.2. The zero-order chi connectivity index (χ0) is 23.1. The van der Waals surface area contributed by atoms with E-state index < -0.39 is 22.5 Å². The van der Waals surface area contributed by atoms with Crippen molar-refractivity contribution in [3.63, 3.8) is 0 Å². The topological polar surface area (TPSA) is 99.5 Å². The van der Waals surface area contributed by atoms with E-state index in [2.05, 4.69) is 11.4 Å². The first kappa shape index (κ1) is 22.8. The standard InChI is InChI=1S/C24H23N3O4S/c1-18-8-13-23(31-2)22(16-18)27(32(29,30)21-6-4-3-5-7-21)17-24(28)26-20-11-9-19(10-12-20)14-15-25/h3-13,16H,14,17H2,1-2H3,(H,26,28). The molecule has 1 amide bonds. The summed E-state index contributed by atoms with van der Waals surface area (Å²) in [7, 11) is -2.60. The summed E-state index contributed by atoms with van der Waals surface area (Å²) in [5, 5.41) is 11.5. The predicted molar refractivity (Wildman–Crippen MR) is 123 cm³/mol. The van der Waals surface area contributed by atoms with Gasteiger partial charge in [0.05, 0.1) is 30.2 Å². The monoisotopic (exact) mass is 449 g/mol. The average molecular weight is 450 g/mol. The van der Waals surface area contributed by atoms with Crippen LogP contribution in [0.4, 0.5) is 11.4 Å². The van der Waals surface area contributed by atoms with Crippen molar-refractivity contribution < 1.29 is 17.9 Å². The van der Waals surface area contributed by atoms with Gasteiger partial charge in [-0.3, -0.25) is 9.10 Å². The Morgan fingerprint density at radius 2 is 1.75 bits per heavy atom. The van der Waals surface area contributed by atoms with Gasteiger partial charge in [0.2, 0.25) is 5.91 Å². The molecule has 164 valence electrons. The van der Waals surface area contributed by atoms with Crippen LogP contribution in [0.25, 0.3) is 0 Å². The zero-order valence-electron chi connectivity index (χ0n) is 17.8. The van der Waals surface area contributed by atoms with E-state index >= 15 is 0 Å². The first-order chi connectivity index (χ1) is 15.3. The van der Waals surface area contributed by atoms with Crippen molar-refractivity contribution in [3.8, 4) is 11.8 Å². The summed E-state index contributed by atoms with van der Waals surface area (Å²) in [6.45, 7) is 1.39. The Labute approximate surface area is 187 Å². The van der Waals surface area contributed by atoms with Crippen molar-refractivity contribution in [2.75, 3.05) is 23.3 Å². The second kappa shape index (κ2) is 9.98. The molecule has 0 fully saturated rings. The van der Waals surface area contributed by atoms with Gasteiger partial charge in [0.15, 0.2) is 0 Å². The molecule has 0 aliphatic carbocycles. The smallest absolute Gasteiger partial charge is 0.264 e. The molecule has 8 heteroatoms. The van der Waals surface area contributed by atoms with E-state index in [1.807, 2.05) is 6.92 Å². The third kappa shape index (κ3) is 5.25. The number of sulfonamides is 1. The number of carbonyl (C=O) groups is 1. The molecule has 32 heavy (non-hydrogen) atoms. The number of ether oxygens (including phenoxy) is 1. The Morgan fingerprint density at radius 1 is 1.06 bits per heavy atom. The number of carbonyl (C=O) groups excluding carboxylic acids is 1. The zero-order valence-corrected chi connectivity index (χ0v) is 18.6. The number of amides is 1. The van der Waals surface area contributed by atoms with Crippen LogP contribution in [0.15, 0.2) is 77.7 Å². The third-order valence-electron chi connectivity index (χ3n) is 4.74. The lowest BCUT2D eigenvalue weighted by molar-refractivity contribution is -0.114. The molecule has 0 heterocycles. The van der Waals surface area contributed by atoms with Gasteiger partial charge in [0.1, 0.15) is 12.3 Å². The van der Waals surface area contributed by atoms with Crippen molar-refractivity contribution >= 4 is 27.3 Å². The summed E-state index contributed by atoms with van der Waals surface area (Å²) >= 11 is 0. The summed E-state index contributed by atoms with van der Waals surface area (Å²) in [6, 6.07) is 22.0. The minimum atomic E-state index is -4.05. The number of hydrogen-bond acceptors (Lipinski definition) is 5. The van der Waals surface area contributed by atoms with Crippen LogP contribution < -0.4 is 14.4 Å². The minimum Gasteiger partial charge on any atom is -0.495 e. The number of nitriles is 1. The van der Waals surface area contributed by atoms with Crippen LogP contribution in [0.3, 0.4) is 0 Å². The van der Waals surface area contributed by atoms with Gasteiger partial charge in [0.25, 0.3) is 10.0 Å². The van der Waals surface area contributed by atoms with Crippen molar-refractivity contribution in [1.29, 1.82) is 5.26 Å². The van der Waals surface area contributed by atoms with Gasteiger partial charge >= 0.3 is 0 Å². The number of benzene rings is 3. The van der Waals surface area contributed by atoms with E-state index in [-0.39, 0.29) is 17.0 Å². The molecule has 0 aromatic heterocycles. The van der Waals surface area contributed by atoms with E-state index in [0.29, 0.717) is 11.4 Å². The van der Waals surface area contributed by atoms with E-state index in [1.54, 1.807) is 60.7 Å². The maximum absolute atomic E-state index is 13.5. The fraction of sp³-hybridized carbons (Fsp3) is 0.167. The molecular weight excluding hydrogens is 426 g/mol. The van der Waals surface area contributed by atoms with Crippen molar-refractivity contribution in [3.05, 3.63) is 83.9 Å². The number of nitrogens with one attached hydrogen (secondary N) is 1. The molecule has 0 saturated carbocycles. The quantitative estimate of drug-likeness (QED) is 0.562. The summed E-state index contributed by atoms with van der Waals surface area (Å²) < 4.78 is 33.4. The van der Waals surface area contributed by atoms with E-state index in [0.717, 1.165) is 15.4 Å². The highest BCUT2D eigenvalue weighted by Crippen LogP contribution is 2.33. The van der Waals surface area contributed by atoms with Gasteiger partial charge in [-0.05, 0) is 54.4 Å². The second-order valence-corrected chi connectivity index (χ2v) is 8.94. The summed E-state index contributed by atoms with van der Waals surface area (Å²) in [4.78, 5) is 12.9. The number of methoxy groups -OCH3 is 1. The van der Waals surface area contributed by atoms with Gasteiger partial charge in [0, 0.05) is 5.69 Å². The summed E-state index contributed by atoms with van der Waals surface area (Å²) in [6.07, 6.45) is 0.268. The van der Waals surface area contributed by atoms with Gasteiger partial charge in [-0.15, -0.1) is 0 Å². The SMILES string of the molecule is COc1ccc(C)cc1N(CC(=O)Nc1ccc(CC#N)cc1)S(=O)(=O)c1ccccc1. The first-order valence-corrected chi connectivity index (χ1v) is 11.3. The lowest BCUT2D eigenvalue weighted by Gasteiger charge is -2.26. The highest BCUT2D eigenvalue weighted by molar-refractivity contribution is 7.92. The Hall–Kier alpha value is -3.83. The lowest BCUT2D eigenvalue weighted by atomic mass is 10.1. The molecule has 0 radical (unpaired) electrons. The molecule has 0 bridgehead atoms. The van der Waals surface area contributed by atoms with Gasteiger partial charge in [-0.2, -0.15) is 5.26 Å². The number of rotatable bonds is 8. The molecular formula is C24H23N3O4S. The highest BCUT2D eigenvalue weighted by Gasteiger charge is 2.29. The summed E-state index contributed by atoms with van der Waals surface area (Å²) in [5.41, 5.74) is 2.42. The van der Waals surface area contributed by atoms with E-state index in [1.165, 1.54) is 19.2 Å². The van der Waals surface area contributed by atoms with Crippen LogP contribution in [0.2, 0.25) is 0 Å². The van der Waals surface area contributed by atoms with Crippen LogP contribution in [-0.2, 0) is 21.2 Å². The van der Waals surface area contributed by atoms with Crippen molar-refractivity contribution in [2.24, 2.45) is 0 Å². The molecule has 3 aromatic carbocycles. The molecule has 1 N–H and O–H groups in total. The number of aryl methyl sites for hydroxylation is 1. The van der Waals surface area contributed by atoms with E-state index in [9.17, 15) is 13.2 Å². The van der Waals surface area contributed by atoms with Gasteiger partial charge in [-0.25, -0.2) is 8.42 Å². The van der Waals surface area contributed by atoms with Gasteiger partial charge in [-0.1, -0.05) is 36.4 Å². The van der Waals surface area contributed by atoms with Crippen LogP contribution in [0.1, 0.15) is 11.1 Å². The largest absolute Gasteiger partial charge is 0.495 e. The van der Waals surface area contributed by atoms with E-state index in [4.69, 9.17) is 10.00 Å². The molecule has 0 unspecified atom stereocenters. The van der Waals surface area contributed by atoms with Crippen LogP contribution in [0.5, 0.6) is 5.75 Å². The number of hydrogen-bond donors (Lipinski definition) is 1. The average Bonchev–Trinajstić information content (AvgIpc) is 2.79. The molecule has 0 spiro atoms. The second-order valence-electron chi connectivity index (χ2n) is 7.08. The molecule has 0 aliphatic rings. The third-order valence-corrected chi connectivity index (χ3v) is 6.52. The molecule has 7 nitrogen and oxygen atoms in total. The maximum atomic E-state index is 13.5. The summed E-state index contributed by atoms with van der Waals surface area (Å²) in [5.74, 6) is -0.176. The van der Waals surface area contributed by atoms with Crippen LogP contribution >= 0.6 is 0 Å². The Bertz CT molecular complexity index is 1230. The number of anilines is 2. The fourth-order valence-electron chi connectivity index (χ4n) is 3.14. The maximum Gasteiger partial charge on any atom is 0.264 e. The lowest BCUT2D eigenvalue weighted by Crippen LogP contribution is -2.38. The Kier molecular flexibility index (Phi) is 7.13. The van der Waals surface area contributed by atoms with Crippen molar-refractivity contribution in [1.82, 2.24) is 0 Å². The van der Waals surface area contributed by atoms with Crippen LogP contribution in [-0.4, -0.2) is 28.0 Å². The van der Waals surface area contributed by atoms with Crippen molar-refractivity contribution in [2.45, 2.75) is 18.2 Å². The van der Waals surface area contributed by atoms with Gasteiger partial charge < -0.3 is 10.1 Å². The Morgan fingerprint density at radius 3 is 2.38 bits per heavy atom. The van der Waals surface area contributed by atoms with Crippen LogP contribution in [0, 0.1) is 18.3 Å². The molecule has 0 saturated heterocycles. The fourth-order valence-corrected chi connectivity index (χ4v) is 4.59. The molecule has 0 aliphatic heterocycles. The minimum absolute atomic E-state index is 0.0669. The Balaban J connectivity index is 1.95. The normalized spacial score (nSPS) is 10.8. The molecule has 3 rings (SSSR count). The molecule has 0 atom stereocenters. The predicted octanol–water partition coefficient (Wildman–Crippen LogP) is 3.90. The first-order valence-electron chi connectivity index (χ1n) is 9.83. The molecule has 3 aromatic rings. The number of nitrogens with zero attached hydrogens (tertiary/aromatic N) is 2.